The first-order valence-electron chi connectivity index (χ1n) is 13.4. The molecular formula is C30H47N3Si2. The van der Waals surface area contributed by atoms with Gasteiger partial charge in [0.1, 0.15) is 16.1 Å². The fraction of sp³-hybridized carbons (Fsp3) is 0.600. The fourth-order valence-corrected chi connectivity index (χ4v) is 16.9. The third-order valence-corrected chi connectivity index (χ3v) is 20.8. The predicted molar refractivity (Wildman–Crippen MR) is 157 cm³/mol. The maximum Gasteiger partial charge on any atom is 0.235 e. The Morgan fingerprint density at radius 2 is 0.886 bits per heavy atom. The summed E-state index contributed by atoms with van der Waals surface area (Å²) < 4.78 is 2.07. The molecule has 0 aliphatic heterocycles. The Hall–Kier alpha value is -2.09. The Morgan fingerprint density at radius 3 is 1.17 bits per heavy atom. The minimum atomic E-state index is -1.86. The SMILES string of the molecule is CC(C)[Si](C#Cc1ccc(C#C[Si](C(C)C)(C(C)C)C(C)C)n1-c1ncccn1)(C(C)C)C(C)C. The van der Waals surface area contributed by atoms with Crippen molar-refractivity contribution in [3.8, 4) is 28.9 Å². The fourth-order valence-electron chi connectivity index (χ4n) is 6.46. The molecule has 0 aliphatic rings. The van der Waals surface area contributed by atoms with Crippen LogP contribution in [-0.4, -0.2) is 30.7 Å². The standard InChI is InChI=1S/C30H47N3Si2/c1-22(2)34(23(3)4,24(5)6)20-16-28-14-15-29(33(28)30-31-18-13-19-32-30)17-21-35(25(7)8,26(9)10)27(11)12/h13-15,18-19,22-27H,1-12H3. The lowest BCUT2D eigenvalue weighted by atomic mass is 10.4. The molecule has 0 unspecified atom stereocenters. The van der Waals surface area contributed by atoms with Gasteiger partial charge in [-0.15, -0.1) is 11.1 Å². The molecule has 0 bridgehead atoms. The molecule has 0 aromatic carbocycles. The normalized spacial score (nSPS) is 12.5. The van der Waals surface area contributed by atoms with Crippen LogP contribution in [0, 0.1) is 22.9 Å². The van der Waals surface area contributed by atoms with E-state index in [4.69, 9.17) is 0 Å². The average Bonchev–Trinajstić information content (AvgIpc) is 3.16. The molecule has 0 saturated carbocycles. The van der Waals surface area contributed by atoms with Crippen molar-refractivity contribution in [1.82, 2.24) is 14.5 Å². The van der Waals surface area contributed by atoms with Crippen molar-refractivity contribution in [2.24, 2.45) is 0 Å². The van der Waals surface area contributed by atoms with Crippen molar-refractivity contribution in [3.05, 3.63) is 42.0 Å². The summed E-state index contributed by atoms with van der Waals surface area (Å²) in [5, 5.41) is 0. The van der Waals surface area contributed by atoms with Crippen LogP contribution in [0.15, 0.2) is 30.6 Å². The molecule has 0 saturated heterocycles. The van der Waals surface area contributed by atoms with Crippen LogP contribution in [0.1, 0.15) is 94.5 Å². The van der Waals surface area contributed by atoms with Crippen LogP contribution in [0.2, 0.25) is 33.2 Å². The summed E-state index contributed by atoms with van der Waals surface area (Å²) in [6, 6.07) is 6.07. The van der Waals surface area contributed by atoms with Crippen LogP contribution in [0.3, 0.4) is 0 Å². The second-order valence-corrected chi connectivity index (χ2v) is 22.9. The van der Waals surface area contributed by atoms with Gasteiger partial charge in [-0.3, -0.25) is 4.57 Å². The molecule has 3 nitrogen and oxygen atoms in total. The van der Waals surface area contributed by atoms with Crippen LogP contribution < -0.4 is 0 Å². The molecule has 0 N–H and O–H groups in total. The van der Waals surface area contributed by atoms with E-state index >= 15 is 0 Å². The van der Waals surface area contributed by atoms with Gasteiger partial charge in [0.15, 0.2) is 0 Å². The van der Waals surface area contributed by atoms with E-state index < -0.39 is 16.1 Å². The Morgan fingerprint density at radius 1 is 0.571 bits per heavy atom. The third kappa shape index (κ3) is 5.68. The minimum absolute atomic E-state index is 0.584. The van der Waals surface area contributed by atoms with Crippen LogP contribution in [0.25, 0.3) is 5.95 Å². The Kier molecular flexibility index (Phi) is 9.80. The molecule has 5 heteroatoms. The second-order valence-electron chi connectivity index (χ2n) is 11.8. The monoisotopic (exact) mass is 505 g/mol. The van der Waals surface area contributed by atoms with Gasteiger partial charge < -0.3 is 0 Å². The summed E-state index contributed by atoms with van der Waals surface area (Å²) in [5.41, 5.74) is 13.1. The first-order valence-corrected chi connectivity index (χ1v) is 17.8. The molecule has 0 fully saturated rings. The maximum atomic E-state index is 4.58. The van der Waals surface area contributed by atoms with Gasteiger partial charge in [0.25, 0.3) is 0 Å². The molecule has 0 aliphatic carbocycles. The zero-order valence-electron chi connectivity index (χ0n) is 24.2. The van der Waals surface area contributed by atoms with Crippen molar-refractivity contribution >= 4 is 16.1 Å². The molecule has 2 rings (SSSR count). The van der Waals surface area contributed by atoms with Crippen LogP contribution in [-0.2, 0) is 0 Å². The number of hydrogen-bond acceptors (Lipinski definition) is 2. The zero-order valence-corrected chi connectivity index (χ0v) is 26.2. The summed E-state index contributed by atoms with van der Waals surface area (Å²) >= 11 is 0. The van der Waals surface area contributed by atoms with Crippen molar-refractivity contribution in [1.29, 1.82) is 0 Å². The summed E-state index contributed by atoms with van der Waals surface area (Å²) in [7, 11) is -3.73. The Balaban J connectivity index is 2.78. The second kappa shape index (κ2) is 11.8. The number of nitrogens with zero attached hydrogens (tertiary/aromatic N) is 3. The summed E-state index contributed by atoms with van der Waals surface area (Å²) in [6.45, 7) is 28.2. The van der Waals surface area contributed by atoms with E-state index in [-0.39, 0.29) is 0 Å². The van der Waals surface area contributed by atoms with Gasteiger partial charge in [-0.2, -0.15) is 0 Å². The lowest BCUT2D eigenvalue weighted by Gasteiger charge is -2.38. The molecule has 0 spiro atoms. The van der Waals surface area contributed by atoms with E-state index in [1.807, 2.05) is 6.07 Å². The molecule has 2 aromatic rings. The predicted octanol–water partition coefficient (Wildman–Crippen LogP) is 8.41. The van der Waals surface area contributed by atoms with E-state index in [9.17, 15) is 0 Å². The van der Waals surface area contributed by atoms with E-state index in [2.05, 4.69) is 133 Å². The van der Waals surface area contributed by atoms with E-state index in [1.54, 1.807) is 12.4 Å². The number of aromatic nitrogens is 3. The number of hydrogen-bond donors (Lipinski definition) is 0. The van der Waals surface area contributed by atoms with E-state index in [0.717, 1.165) is 11.4 Å². The summed E-state index contributed by atoms with van der Waals surface area (Å²) in [6.07, 6.45) is 3.59. The third-order valence-electron chi connectivity index (χ3n) is 8.18. The van der Waals surface area contributed by atoms with E-state index in [0.29, 0.717) is 39.2 Å². The first kappa shape index (κ1) is 29.1. The maximum absolute atomic E-state index is 4.58. The minimum Gasteiger partial charge on any atom is -0.264 e. The van der Waals surface area contributed by atoms with Crippen molar-refractivity contribution in [3.63, 3.8) is 0 Å². The highest BCUT2D eigenvalue weighted by Gasteiger charge is 2.42. The van der Waals surface area contributed by atoms with Gasteiger partial charge >= 0.3 is 0 Å². The Bertz CT molecular complexity index is 976. The molecular weight excluding hydrogens is 459 g/mol. The molecule has 190 valence electrons. The van der Waals surface area contributed by atoms with Gasteiger partial charge in [-0.1, -0.05) is 94.9 Å². The highest BCUT2D eigenvalue weighted by atomic mass is 28.3. The molecule has 0 radical (unpaired) electrons. The topological polar surface area (TPSA) is 30.7 Å². The van der Waals surface area contributed by atoms with Crippen molar-refractivity contribution in [2.75, 3.05) is 0 Å². The quantitative estimate of drug-likeness (QED) is 0.279. The highest BCUT2D eigenvalue weighted by Crippen LogP contribution is 2.42. The van der Waals surface area contributed by atoms with Gasteiger partial charge in [0, 0.05) is 12.4 Å². The smallest absolute Gasteiger partial charge is 0.235 e. The van der Waals surface area contributed by atoms with Gasteiger partial charge in [-0.25, -0.2) is 9.97 Å². The van der Waals surface area contributed by atoms with E-state index in [1.165, 1.54) is 0 Å². The van der Waals surface area contributed by atoms with Crippen molar-refractivity contribution < 1.29 is 0 Å². The molecule has 2 heterocycles. The summed E-state index contributed by atoms with van der Waals surface area (Å²) in [5.74, 6) is 7.88. The first-order chi connectivity index (χ1) is 16.3. The average molecular weight is 506 g/mol. The number of rotatable bonds is 7. The summed E-state index contributed by atoms with van der Waals surface area (Å²) in [4.78, 5) is 9.16. The molecule has 0 atom stereocenters. The van der Waals surface area contributed by atoms with Crippen LogP contribution >= 0.6 is 0 Å². The molecule has 0 amide bonds. The Labute approximate surface area is 217 Å². The van der Waals surface area contributed by atoms with Crippen molar-refractivity contribution in [2.45, 2.75) is 116 Å². The molecule has 2 aromatic heterocycles. The highest BCUT2D eigenvalue weighted by molar-refractivity contribution is 6.91. The lowest BCUT2D eigenvalue weighted by molar-refractivity contribution is 0.838. The molecule has 35 heavy (non-hydrogen) atoms. The zero-order chi connectivity index (χ0) is 26.6. The van der Waals surface area contributed by atoms with Gasteiger partial charge in [0.05, 0.1) is 11.4 Å². The van der Waals surface area contributed by atoms with Gasteiger partial charge in [0.2, 0.25) is 5.95 Å². The van der Waals surface area contributed by atoms with Crippen LogP contribution in [0.4, 0.5) is 0 Å². The lowest BCUT2D eigenvalue weighted by Crippen LogP contribution is -2.43. The largest absolute Gasteiger partial charge is 0.264 e. The van der Waals surface area contributed by atoms with Gasteiger partial charge in [-0.05, 0) is 51.4 Å². The van der Waals surface area contributed by atoms with Crippen LogP contribution in [0.5, 0.6) is 0 Å².